The first-order valence-electron chi connectivity index (χ1n) is 9.95. The van der Waals surface area contributed by atoms with Crippen molar-refractivity contribution in [3.05, 3.63) is 64.6 Å². The minimum atomic E-state index is 0.0517. The van der Waals surface area contributed by atoms with Gasteiger partial charge in [-0.1, -0.05) is 22.0 Å². The van der Waals surface area contributed by atoms with Crippen molar-refractivity contribution in [1.82, 2.24) is 15.1 Å². The average Bonchev–Trinajstić information content (AvgIpc) is 2.83. The van der Waals surface area contributed by atoms with E-state index < -0.39 is 0 Å². The number of aromatic nitrogens is 2. The maximum atomic E-state index is 12.7. The largest absolute Gasteiger partial charge is 0.493 e. The fraction of sp³-hybridized carbons (Fsp3) is 0.261. The topological polar surface area (TPSA) is 67.8 Å². The Morgan fingerprint density at radius 2 is 1.68 bits per heavy atom. The van der Waals surface area contributed by atoms with E-state index in [4.69, 9.17) is 9.47 Å². The average molecular weight is 483 g/mol. The highest BCUT2D eigenvalue weighted by molar-refractivity contribution is 9.10. The summed E-state index contributed by atoms with van der Waals surface area (Å²) in [4.78, 5) is 16.8. The summed E-state index contributed by atoms with van der Waals surface area (Å²) in [6, 6.07) is 17.1. The molecule has 8 heteroatoms. The van der Waals surface area contributed by atoms with Gasteiger partial charge in [0.1, 0.15) is 0 Å². The van der Waals surface area contributed by atoms with Gasteiger partial charge in [-0.15, -0.1) is 10.2 Å². The monoisotopic (exact) mass is 482 g/mol. The summed E-state index contributed by atoms with van der Waals surface area (Å²) in [5.74, 6) is 2.18. The fourth-order valence-electron chi connectivity index (χ4n) is 3.59. The van der Waals surface area contributed by atoms with E-state index in [1.165, 1.54) is 0 Å². The molecular formula is C23H23BrN4O3. The molecule has 2 heterocycles. The Kier molecular flexibility index (Phi) is 6.36. The molecule has 1 saturated heterocycles. The van der Waals surface area contributed by atoms with Crippen molar-refractivity contribution in [2.75, 3.05) is 45.3 Å². The van der Waals surface area contributed by atoms with Gasteiger partial charge in [0.2, 0.25) is 0 Å². The number of hydrogen-bond donors (Lipinski definition) is 0. The summed E-state index contributed by atoms with van der Waals surface area (Å²) in [7, 11) is 3.22. The Morgan fingerprint density at radius 1 is 0.903 bits per heavy atom. The third kappa shape index (κ3) is 4.64. The minimum absolute atomic E-state index is 0.0517. The lowest BCUT2D eigenvalue weighted by atomic mass is 10.1. The third-order valence-electron chi connectivity index (χ3n) is 5.29. The van der Waals surface area contributed by atoms with Gasteiger partial charge in [0.05, 0.1) is 19.9 Å². The van der Waals surface area contributed by atoms with Crippen LogP contribution in [0.1, 0.15) is 10.4 Å². The van der Waals surface area contributed by atoms with Gasteiger partial charge in [-0.25, -0.2) is 0 Å². The Balaban J connectivity index is 1.41. The number of rotatable bonds is 5. The van der Waals surface area contributed by atoms with Crippen molar-refractivity contribution in [2.45, 2.75) is 0 Å². The fourth-order valence-corrected chi connectivity index (χ4v) is 3.99. The minimum Gasteiger partial charge on any atom is -0.493 e. The highest BCUT2D eigenvalue weighted by Crippen LogP contribution is 2.31. The lowest BCUT2D eigenvalue weighted by Crippen LogP contribution is -2.49. The molecule has 2 aromatic carbocycles. The summed E-state index contributed by atoms with van der Waals surface area (Å²) in [5, 5.41) is 8.80. The number of anilines is 1. The predicted octanol–water partition coefficient (Wildman–Crippen LogP) is 3.89. The summed E-state index contributed by atoms with van der Waals surface area (Å²) in [6.45, 7) is 2.71. The number of carbonyl (C=O) groups excluding carboxylic acids is 1. The zero-order valence-corrected chi connectivity index (χ0v) is 19.0. The molecule has 4 rings (SSSR count). The molecule has 1 aliphatic rings. The van der Waals surface area contributed by atoms with Crippen molar-refractivity contribution in [1.29, 1.82) is 0 Å². The Bertz CT molecular complexity index is 1070. The van der Waals surface area contributed by atoms with Crippen molar-refractivity contribution in [3.63, 3.8) is 0 Å². The number of halogens is 1. The molecule has 0 atom stereocenters. The standard InChI is InChI=1S/C23H23BrN4O3/c1-30-20-8-6-16(15-21(20)31-2)19-7-9-22(26-25-19)27-10-12-28(13-11-27)23(29)17-4-3-5-18(24)14-17/h3-9,14-15H,10-13H2,1-2H3. The van der Waals surface area contributed by atoms with Crippen LogP contribution in [0.15, 0.2) is 59.1 Å². The van der Waals surface area contributed by atoms with E-state index in [0.29, 0.717) is 43.2 Å². The second-order valence-corrected chi connectivity index (χ2v) is 8.05. The Morgan fingerprint density at radius 3 is 2.32 bits per heavy atom. The van der Waals surface area contributed by atoms with Gasteiger partial charge in [0, 0.05) is 41.8 Å². The van der Waals surface area contributed by atoms with Crippen molar-refractivity contribution < 1.29 is 14.3 Å². The third-order valence-corrected chi connectivity index (χ3v) is 5.79. The van der Waals surface area contributed by atoms with E-state index in [1.54, 1.807) is 14.2 Å². The quantitative estimate of drug-likeness (QED) is 0.549. The van der Waals surface area contributed by atoms with Crippen LogP contribution in [0.2, 0.25) is 0 Å². The van der Waals surface area contributed by atoms with Crippen LogP contribution in [0, 0.1) is 0 Å². The van der Waals surface area contributed by atoms with Gasteiger partial charge in [-0.3, -0.25) is 4.79 Å². The summed E-state index contributed by atoms with van der Waals surface area (Å²) >= 11 is 3.42. The zero-order valence-electron chi connectivity index (χ0n) is 17.4. The first kappa shape index (κ1) is 21.1. The first-order valence-corrected chi connectivity index (χ1v) is 10.7. The van der Waals surface area contributed by atoms with Gasteiger partial charge in [0.15, 0.2) is 17.3 Å². The van der Waals surface area contributed by atoms with Crippen LogP contribution < -0.4 is 14.4 Å². The molecule has 0 aliphatic carbocycles. The van der Waals surface area contributed by atoms with Crippen LogP contribution in [0.3, 0.4) is 0 Å². The summed E-state index contributed by atoms with van der Waals surface area (Å²) in [5.41, 5.74) is 2.36. The highest BCUT2D eigenvalue weighted by atomic mass is 79.9. The van der Waals surface area contributed by atoms with Crippen molar-refractivity contribution >= 4 is 27.7 Å². The maximum Gasteiger partial charge on any atom is 0.254 e. The van der Waals surface area contributed by atoms with Crippen LogP contribution in [-0.2, 0) is 0 Å². The maximum absolute atomic E-state index is 12.7. The molecule has 0 radical (unpaired) electrons. The van der Waals surface area contributed by atoms with E-state index in [2.05, 4.69) is 31.0 Å². The van der Waals surface area contributed by atoms with E-state index in [-0.39, 0.29) is 5.91 Å². The molecule has 0 saturated carbocycles. The number of hydrogen-bond acceptors (Lipinski definition) is 6. The highest BCUT2D eigenvalue weighted by Gasteiger charge is 2.23. The number of ether oxygens (including phenoxy) is 2. The predicted molar refractivity (Wildman–Crippen MR) is 123 cm³/mol. The molecule has 3 aromatic rings. The second-order valence-electron chi connectivity index (χ2n) is 7.14. The van der Waals surface area contributed by atoms with E-state index >= 15 is 0 Å². The van der Waals surface area contributed by atoms with Gasteiger partial charge < -0.3 is 19.3 Å². The van der Waals surface area contributed by atoms with Crippen molar-refractivity contribution in [2.24, 2.45) is 0 Å². The number of amides is 1. The normalized spacial score (nSPS) is 13.8. The van der Waals surface area contributed by atoms with Gasteiger partial charge >= 0.3 is 0 Å². The molecule has 160 valence electrons. The van der Waals surface area contributed by atoms with E-state index in [0.717, 1.165) is 21.5 Å². The molecule has 1 fully saturated rings. The summed E-state index contributed by atoms with van der Waals surface area (Å²) in [6.07, 6.45) is 0. The van der Waals surface area contributed by atoms with Gasteiger partial charge in [-0.2, -0.15) is 0 Å². The zero-order chi connectivity index (χ0) is 21.8. The molecular weight excluding hydrogens is 460 g/mol. The second kappa shape index (κ2) is 9.34. The molecule has 1 aliphatic heterocycles. The van der Waals surface area contributed by atoms with Gasteiger partial charge in [0.25, 0.3) is 5.91 Å². The molecule has 0 unspecified atom stereocenters. The first-order chi connectivity index (χ1) is 15.1. The Labute approximate surface area is 189 Å². The van der Waals surface area contributed by atoms with Crippen LogP contribution in [0.5, 0.6) is 11.5 Å². The van der Waals surface area contributed by atoms with Crippen LogP contribution in [-0.4, -0.2) is 61.4 Å². The molecule has 0 spiro atoms. The number of methoxy groups -OCH3 is 2. The smallest absolute Gasteiger partial charge is 0.254 e. The van der Waals surface area contributed by atoms with Crippen LogP contribution >= 0.6 is 15.9 Å². The summed E-state index contributed by atoms with van der Waals surface area (Å²) < 4.78 is 11.6. The number of carbonyl (C=O) groups is 1. The van der Waals surface area contributed by atoms with Crippen molar-refractivity contribution in [3.8, 4) is 22.8 Å². The lowest BCUT2D eigenvalue weighted by Gasteiger charge is -2.35. The molecule has 0 N–H and O–H groups in total. The molecule has 0 bridgehead atoms. The Hall–Kier alpha value is -3.13. The number of benzene rings is 2. The number of nitrogens with zero attached hydrogens (tertiary/aromatic N) is 4. The molecule has 7 nitrogen and oxygen atoms in total. The van der Waals surface area contributed by atoms with E-state index in [1.807, 2.05) is 59.5 Å². The van der Waals surface area contributed by atoms with Crippen LogP contribution in [0.25, 0.3) is 11.3 Å². The molecule has 1 aromatic heterocycles. The van der Waals surface area contributed by atoms with E-state index in [9.17, 15) is 4.79 Å². The van der Waals surface area contributed by atoms with Crippen LogP contribution in [0.4, 0.5) is 5.82 Å². The molecule has 31 heavy (non-hydrogen) atoms. The SMILES string of the molecule is COc1ccc(-c2ccc(N3CCN(C(=O)c4cccc(Br)c4)CC3)nn2)cc1OC. The lowest BCUT2D eigenvalue weighted by molar-refractivity contribution is 0.0746. The van der Waals surface area contributed by atoms with Gasteiger partial charge in [-0.05, 0) is 48.5 Å². The number of piperazine rings is 1. The molecule has 1 amide bonds.